The Hall–Kier alpha value is -1.71. The second kappa shape index (κ2) is 9.83. The number of benzene rings is 2. The van der Waals surface area contributed by atoms with Gasteiger partial charge in [-0.2, -0.15) is 0 Å². The summed E-state index contributed by atoms with van der Waals surface area (Å²) in [5.41, 5.74) is 1.24. The molecule has 2 heterocycles. The molecule has 2 atom stereocenters. The van der Waals surface area contributed by atoms with Crippen LogP contribution in [0.25, 0.3) is 0 Å². The molecule has 1 aliphatic rings. The molecule has 5 nitrogen and oxygen atoms in total. The number of halogens is 1. The Balaban J connectivity index is 1.50. The summed E-state index contributed by atoms with van der Waals surface area (Å²) in [7, 11) is -3.61. The monoisotopic (exact) mass is 519 g/mol. The molecule has 0 bridgehead atoms. The third kappa shape index (κ3) is 5.38. The first-order chi connectivity index (χ1) is 14.9. The van der Waals surface area contributed by atoms with Gasteiger partial charge in [0.1, 0.15) is 0 Å². The number of nitrogens with zero attached hydrogens (tertiary/aromatic N) is 2. The van der Waals surface area contributed by atoms with Crippen LogP contribution in [0.15, 0.2) is 81.5 Å². The van der Waals surface area contributed by atoms with Gasteiger partial charge < -0.3 is 4.90 Å². The lowest BCUT2D eigenvalue weighted by Crippen LogP contribution is -2.52. The quantitative estimate of drug-likeness (QED) is 0.489. The molecule has 3 aromatic rings. The van der Waals surface area contributed by atoms with Crippen molar-refractivity contribution in [3.8, 4) is 0 Å². The number of hydrogen-bond acceptors (Lipinski definition) is 5. The molecule has 0 amide bonds. The molecule has 31 heavy (non-hydrogen) atoms. The third-order valence-corrected chi connectivity index (χ3v) is 8.65. The summed E-state index contributed by atoms with van der Waals surface area (Å²) >= 11 is 5.04. The van der Waals surface area contributed by atoms with Gasteiger partial charge in [-0.25, -0.2) is 13.1 Å². The van der Waals surface area contributed by atoms with Gasteiger partial charge in [0, 0.05) is 47.3 Å². The van der Waals surface area contributed by atoms with E-state index >= 15 is 0 Å². The number of para-hydroxylation sites is 1. The Labute approximate surface area is 196 Å². The number of sulfonamides is 1. The smallest absolute Gasteiger partial charge is 0.240 e. The number of nitrogens with one attached hydrogen (secondary N) is 1. The van der Waals surface area contributed by atoms with E-state index in [1.807, 2.05) is 19.1 Å². The lowest BCUT2D eigenvalue weighted by atomic mass is 10.1. The van der Waals surface area contributed by atoms with Crippen LogP contribution < -0.4 is 9.62 Å². The summed E-state index contributed by atoms with van der Waals surface area (Å²) in [5, 5.41) is 2.05. The van der Waals surface area contributed by atoms with Crippen molar-refractivity contribution in [3.05, 3.63) is 81.5 Å². The van der Waals surface area contributed by atoms with E-state index in [0.29, 0.717) is 0 Å². The second-order valence-electron chi connectivity index (χ2n) is 7.68. The number of piperazine rings is 1. The molecule has 0 aliphatic carbocycles. The van der Waals surface area contributed by atoms with Crippen molar-refractivity contribution < 1.29 is 8.42 Å². The number of hydrogen-bond donors (Lipinski definition) is 1. The fourth-order valence-corrected chi connectivity index (χ4v) is 6.57. The highest BCUT2D eigenvalue weighted by Gasteiger charge is 2.32. The van der Waals surface area contributed by atoms with Crippen LogP contribution in [-0.2, 0) is 10.0 Å². The SMILES string of the molecule is C[C@@H](NS(=O)(=O)c1ccc(Br)cc1)[C@@H](c1cccs1)N1CCN(c2ccccc2)CC1. The molecule has 1 fully saturated rings. The summed E-state index contributed by atoms with van der Waals surface area (Å²) in [5.74, 6) is 0. The molecule has 164 valence electrons. The molecular formula is C23H26BrN3O2S2. The van der Waals surface area contributed by atoms with Crippen LogP contribution in [0, 0.1) is 0 Å². The molecule has 0 saturated carbocycles. The number of rotatable bonds is 7. The Morgan fingerprint density at radius 2 is 1.61 bits per heavy atom. The molecule has 8 heteroatoms. The van der Waals surface area contributed by atoms with Crippen LogP contribution in [0.4, 0.5) is 5.69 Å². The summed E-state index contributed by atoms with van der Waals surface area (Å²) < 4.78 is 29.8. The molecule has 1 saturated heterocycles. The van der Waals surface area contributed by atoms with E-state index in [4.69, 9.17) is 0 Å². The first kappa shape index (κ1) is 22.5. The van der Waals surface area contributed by atoms with Gasteiger partial charge in [-0.3, -0.25) is 4.90 Å². The van der Waals surface area contributed by atoms with Crippen LogP contribution in [0.2, 0.25) is 0 Å². The van der Waals surface area contributed by atoms with Crippen molar-refractivity contribution in [3.63, 3.8) is 0 Å². The van der Waals surface area contributed by atoms with Crippen molar-refractivity contribution >= 4 is 43.0 Å². The summed E-state index contributed by atoms with van der Waals surface area (Å²) in [4.78, 5) is 6.25. The van der Waals surface area contributed by atoms with E-state index in [1.54, 1.807) is 35.6 Å². The highest BCUT2D eigenvalue weighted by Crippen LogP contribution is 2.31. The van der Waals surface area contributed by atoms with E-state index in [1.165, 1.54) is 10.6 Å². The average Bonchev–Trinajstić information content (AvgIpc) is 3.29. The van der Waals surface area contributed by atoms with Crippen molar-refractivity contribution in [1.29, 1.82) is 0 Å². The second-order valence-corrected chi connectivity index (χ2v) is 11.3. The van der Waals surface area contributed by atoms with E-state index in [0.717, 1.165) is 30.7 Å². The summed E-state index contributed by atoms with van der Waals surface area (Å²) in [6.45, 7) is 5.55. The van der Waals surface area contributed by atoms with Crippen molar-refractivity contribution in [2.24, 2.45) is 0 Å². The molecule has 2 aromatic carbocycles. The topological polar surface area (TPSA) is 52.7 Å². The van der Waals surface area contributed by atoms with E-state index in [-0.39, 0.29) is 17.0 Å². The maximum absolute atomic E-state index is 13.0. The Bertz CT molecular complexity index is 1070. The summed E-state index contributed by atoms with van der Waals surface area (Å²) in [6, 6.07) is 21.0. The molecule has 0 radical (unpaired) electrons. The van der Waals surface area contributed by atoms with Gasteiger partial charge in [-0.05, 0) is 54.8 Å². The Kier molecular flexibility index (Phi) is 7.13. The standard InChI is InChI=1S/C23H26BrN3O2S2/c1-18(25-31(28,29)21-11-9-19(24)10-12-21)23(22-8-5-17-30-22)27-15-13-26(14-16-27)20-6-3-2-4-7-20/h2-12,17-18,23,25H,13-16H2,1H3/t18-,23+/m1/s1. The van der Waals surface area contributed by atoms with E-state index < -0.39 is 10.0 Å². The van der Waals surface area contributed by atoms with Gasteiger partial charge in [0.15, 0.2) is 0 Å². The molecule has 0 unspecified atom stereocenters. The maximum Gasteiger partial charge on any atom is 0.240 e. The van der Waals surface area contributed by atoms with Crippen LogP contribution in [-0.4, -0.2) is 45.5 Å². The predicted molar refractivity (Wildman–Crippen MR) is 131 cm³/mol. The summed E-state index contributed by atoms with van der Waals surface area (Å²) in [6.07, 6.45) is 0. The highest BCUT2D eigenvalue weighted by molar-refractivity contribution is 9.10. The van der Waals surface area contributed by atoms with Crippen LogP contribution in [0.3, 0.4) is 0 Å². The predicted octanol–water partition coefficient (Wildman–Crippen LogP) is 4.74. The fraction of sp³-hybridized carbons (Fsp3) is 0.304. The molecule has 0 spiro atoms. The minimum Gasteiger partial charge on any atom is -0.369 e. The average molecular weight is 521 g/mol. The van der Waals surface area contributed by atoms with Gasteiger partial charge in [-0.15, -0.1) is 11.3 Å². The zero-order valence-electron chi connectivity index (χ0n) is 17.3. The van der Waals surface area contributed by atoms with Gasteiger partial charge in [-0.1, -0.05) is 40.2 Å². The van der Waals surface area contributed by atoms with E-state index in [9.17, 15) is 8.42 Å². The number of thiophene rings is 1. The molecular weight excluding hydrogens is 494 g/mol. The minimum absolute atomic E-state index is 0.0110. The van der Waals surface area contributed by atoms with E-state index in [2.05, 4.69) is 66.2 Å². The van der Waals surface area contributed by atoms with Crippen LogP contribution >= 0.6 is 27.3 Å². The molecule has 1 N–H and O–H groups in total. The first-order valence-electron chi connectivity index (χ1n) is 10.3. The molecule has 1 aliphatic heterocycles. The lowest BCUT2D eigenvalue weighted by molar-refractivity contribution is 0.164. The third-order valence-electron chi connectivity index (χ3n) is 5.60. The zero-order chi connectivity index (χ0) is 21.8. The van der Waals surface area contributed by atoms with Gasteiger partial charge >= 0.3 is 0 Å². The van der Waals surface area contributed by atoms with Crippen molar-refractivity contribution in [2.45, 2.75) is 23.9 Å². The highest BCUT2D eigenvalue weighted by atomic mass is 79.9. The minimum atomic E-state index is -3.61. The Morgan fingerprint density at radius 3 is 2.23 bits per heavy atom. The van der Waals surface area contributed by atoms with Crippen molar-refractivity contribution in [1.82, 2.24) is 9.62 Å². The lowest BCUT2D eigenvalue weighted by Gasteiger charge is -2.42. The van der Waals surface area contributed by atoms with Gasteiger partial charge in [0.2, 0.25) is 10.0 Å². The largest absolute Gasteiger partial charge is 0.369 e. The van der Waals surface area contributed by atoms with Gasteiger partial charge in [0.25, 0.3) is 0 Å². The van der Waals surface area contributed by atoms with Crippen molar-refractivity contribution in [2.75, 3.05) is 31.1 Å². The molecule has 1 aromatic heterocycles. The molecule has 4 rings (SSSR count). The maximum atomic E-state index is 13.0. The fourth-order valence-electron chi connectivity index (χ4n) is 4.09. The normalized spacial score (nSPS) is 17.4. The van der Waals surface area contributed by atoms with Crippen LogP contribution in [0.1, 0.15) is 17.8 Å². The number of anilines is 1. The zero-order valence-corrected chi connectivity index (χ0v) is 20.5. The van der Waals surface area contributed by atoms with Gasteiger partial charge in [0.05, 0.1) is 10.9 Å². The Morgan fingerprint density at radius 1 is 0.935 bits per heavy atom. The van der Waals surface area contributed by atoms with Crippen LogP contribution in [0.5, 0.6) is 0 Å². The first-order valence-corrected chi connectivity index (χ1v) is 13.4.